The Balaban J connectivity index is 1.61. The zero-order valence-corrected chi connectivity index (χ0v) is 14.3. The van der Waals surface area contributed by atoms with Gasteiger partial charge in [0.05, 0.1) is 5.69 Å². The van der Waals surface area contributed by atoms with E-state index in [-0.39, 0.29) is 0 Å². The zero-order chi connectivity index (χ0) is 16.8. The summed E-state index contributed by atoms with van der Waals surface area (Å²) in [5.74, 6) is 0. The summed E-state index contributed by atoms with van der Waals surface area (Å²) < 4.78 is 0. The molecule has 0 aliphatic carbocycles. The molecule has 1 aliphatic rings. The maximum Gasteiger partial charge on any atom is 0.118 e. The van der Waals surface area contributed by atoms with E-state index in [1.165, 1.54) is 27.6 Å². The van der Waals surface area contributed by atoms with Crippen molar-refractivity contribution in [2.75, 3.05) is 4.90 Å². The van der Waals surface area contributed by atoms with Gasteiger partial charge in [-0.1, -0.05) is 85.0 Å². The molecule has 1 heterocycles. The summed E-state index contributed by atoms with van der Waals surface area (Å²) in [6, 6.07) is 31.8. The molecule has 25 heavy (non-hydrogen) atoms. The summed E-state index contributed by atoms with van der Waals surface area (Å²) >= 11 is 5.79. The lowest BCUT2D eigenvalue weighted by Crippen LogP contribution is -2.19. The van der Waals surface area contributed by atoms with Gasteiger partial charge >= 0.3 is 0 Å². The number of hydrogen-bond acceptors (Lipinski definition) is 1. The van der Waals surface area contributed by atoms with Gasteiger partial charge in [-0.3, -0.25) is 0 Å². The first-order chi connectivity index (χ1) is 12.3. The van der Waals surface area contributed by atoms with Crippen LogP contribution < -0.4 is 4.90 Å². The standard InChI is InChI=1S/C23H15NS/c25-23-20-10-4-8-18-9-5-11-21(22(18)20)24(23)19-14-12-17(13-15-19)16-6-2-1-3-7-16/h1-15H. The van der Waals surface area contributed by atoms with Crippen molar-refractivity contribution < 1.29 is 0 Å². The van der Waals surface area contributed by atoms with E-state index in [0.29, 0.717) is 0 Å². The number of anilines is 2. The van der Waals surface area contributed by atoms with Gasteiger partial charge < -0.3 is 4.90 Å². The lowest BCUT2D eigenvalue weighted by atomic mass is 10.1. The Labute approximate surface area is 152 Å². The third kappa shape index (κ3) is 2.19. The molecule has 2 heteroatoms. The monoisotopic (exact) mass is 337 g/mol. The molecule has 0 aromatic heterocycles. The second-order valence-corrected chi connectivity index (χ2v) is 6.62. The Morgan fingerprint density at radius 1 is 0.600 bits per heavy atom. The lowest BCUT2D eigenvalue weighted by molar-refractivity contribution is 1.41. The highest BCUT2D eigenvalue weighted by atomic mass is 32.1. The molecule has 118 valence electrons. The van der Waals surface area contributed by atoms with E-state index >= 15 is 0 Å². The molecule has 5 rings (SSSR count). The molecule has 0 unspecified atom stereocenters. The van der Waals surface area contributed by atoms with Crippen LogP contribution in [0.5, 0.6) is 0 Å². The fourth-order valence-electron chi connectivity index (χ4n) is 3.61. The van der Waals surface area contributed by atoms with Crippen molar-refractivity contribution >= 4 is 39.4 Å². The first kappa shape index (κ1) is 14.4. The molecule has 0 fully saturated rings. The fraction of sp³-hybridized carbons (Fsp3) is 0. The molecule has 0 spiro atoms. The fourth-order valence-corrected chi connectivity index (χ4v) is 3.98. The Morgan fingerprint density at radius 3 is 2.04 bits per heavy atom. The molecular weight excluding hydrogens is 322 g/mol. The molecule has 0 bridgehead atoms. The predicted octanol–water partition coefficient (Wildman–Crippen LogP) is 6.33. The summed E-state index contributed by atoms with van der Waals surface area (Å²) in [5.41, 5.74) is 5.86. The second-order valence-electron chi connectivity index (χ2n) is 6.23. The predicted molar refractivity (Wildman–Crippen MR) is 110 cm³/mol. The molecule has 0 saturated heterocycles. The van der Waals surface area contributed by atoms with Crippen molar-refractivity contribution in [1.29, 1.82) is 0 Å². The van der Waals surface area contributed by atoms with Crippen LogP contribution in [-0.2, 0) is 0 Å². The van der Waals surface area contributed by atoms with Crippen LogP contribution in [0.3, 0.4) is 0 Å². The average molecular weight is 337 g/mol. The largest absolute Gasteiger partial charge is 0.300 e. The van der Waals surface area contributed by atoms with Gasteiger partial charge in [-0.05, 0) is 34.7 Å². The van der Waals surface area contributed by atoms with Crippen molar-refractivity contribution in [2.24, 2.45) is 0 Å². The van der Waals surface area contributed by atoms with Gasteiger partial charge in [0.1, 0.15) is 4.99 Å². The van der Waals surface area contributed by atoms with Gasteiger partial charge in [-0.25, -0.2) is 0 Å². The van der Waals surface area contributed by atoms with Crippen molar-refractivity contribution in [3.8, 4) is 11.1 Å². The van der Waals surface area contributed by atoms with E-state index in [0.717, 1.165) is 16.2 Å². The number of hydrogen-bond donors (Lipinski definition) is 0. The third-order valence-electron chi connectivity index (χ3n) is 4.79. The quantitative estimate of drug-likeness (QED) is 0.393. The number of thiocarbonyl (C=S) groups is 1. The molecule has 0 atom stereocenters. The minimum atomic E-state index is 0.874. The molecule has 1 aliphatic heterocycles. The molecule has 0 amide bonds. The van der Waals surface area contributed by atoms with Crippen LogP contribution in [0.25, 0.3) is 21.9 Å². The summed E-state index contributed by atoms with van der Waals surface area (Å²) in [4.78, 5) is 3.06. The van der Waals surface area contributed by atoms with Gasteiger partial charge in [0, 0.05) is 16.6 Å². The normalized spacial score (nSPS) is 12.8. The first-order valence-electron chi connectivity index (χ1n) is 8.35. The minimum Gasteiger partial charge on any atom is -0.300 e. The van der Waals surface area contributed by atoms with E-state index in [2.05, 4.69) is 89.8 Å². The topological polar surface area (TPSA) is 3.24 Å². The summed E-state index contributed by atoms with van der Waals surface area (Å²) in [6.07, 6.45) is 0. The second kappa shape index (κ2) is 5.54. The summed E-state index contributed by atoms with van der Waals surface area (Å²) in [7, 11) is 0. The van der Waals surface area contributed by atoms with Crippen LogP contribution in [0.2, 0.25) is 0 Å². The maximum atomic E-state index is 5.79. The lowest BCUT2D eigenvalue weighted by Gasteiger charge is -2.20. The average Bonchev–Trinajstić information content (AvgIpc) is 2.97. The van der Waals surface area contributed by atoms with Gasteiger partial charge in [0.2, 0.25) is 0 Å². The Bertz CT molecular complexity index is 1090. The molecule has 0 N–H and O–H groups in total. The summed E-state index contributed by atoms with van der Waals surface area (Å²) in [6.45, 7) is 0. The molecular formula is C23H15NS. The highest BCUT2D eigenvalue weighted by Gasteiger charge is 2.27. The smallest absolute Gasteiger partial charge is 0.118 e. The SMILES string of the molecule is S=C1c2cccc3cccc(c23)N1c1ccc(-c2ccccc2)cc1. The number of benzene rings is 4. The van der Waals surface area contributed by atoms with E-state index in [9.17, 15) is 0 Å². The van der Waals surface area contributed by atoms with E-state index in [4.69, 9.17) is 12.2 Å². The van der Waals surface area contributed by atoms with Crippen molar-refractivity contribution in [3.63, 3.8) is 0 Å². The van der Waals surface area contributed by atoms with Crippen LogP contribution >= 0.6 is 12.2 Å². The Hall–Kier alpha value is -2.97. The van der Waals surface area contributed by atoms with Gasteiger partial charge in [-0.15, -0.1) is 0 Å². The van der Waals surface area contributed by atoms with Gasteiger partial charge in [-0.2, -0.15) is 0 Å². The van der Waals surface area contributed by atoms with Crippen molar-refractivity contribution in [2.45, 2.75) is 0 Å². The molecule has 0 radical (unpaired) electrons. The molecule has 4 aromatic carbocycles. The zero-order valence-electron chi connectivity index (χ0n) is 13.5. The minimum absolute atomic E-state index is 0.874. The molecule has 1 nitrogen and oxygen atoms in total. The Kier molecular flexibility index (Phi) is 3.19. The van der Waals surface area contributed by atoms with Crippen molar-refractivity contribution in [1.82, 2.24) is 0 Å². The van der Waals surface area contributed by atoms with Gasteiger partial charge in [0.25, 0.3) is 0 Å². The van der Waals surface area contributed by atoms with E-state index in [1.54, 1.807) is 0 Å². The highest BCUT2D eigenvalue weighted by Crippen LogP contribution is 2.42. The van der Waals surface area contributed by atoms with E-state index in [1.807, 2.05) is 6.07 Å². The van der Waals surface area contributed by atoms with Crippen LogP contribution in [-0.4, -0.2) is 4.99 Å². The number of nitrogens with zero attached hydrogens (tertiary/aromatic N) is 1. The van der Waals surface area contributed by atoms with E-state index < -0.39 is 0 Å². The maximum absolute atomic E-state index is 5.79. The van der Waals surface area contributed by atoms with Crippen molar-refractivity contribution in [3.05, 3.63) is 96.6 Å². The van der Waals surface area contributed by atoms with Crippen LogP contribution in [0.4, 0.5) is 11.4 Å². The number of rotatable bonds is 2. The molecule has 0 saturated carbocycles. The summed E-state index contributed by atoms with van der Waals surface area (Å²) in [5, 5.41) is 2.49. The van der Waals surface area contributed by atoms with Crippen LogP contribution in [0, 0.1) is 0 Å². The Morgan fingerprint density at radius 2 is 1.28 bits per heavy atom. The van der Waals surface area contributed by atoms with Crippen LogP contribution in [0.1, 0.15) is 5.56 Å². The highest BCUT2D eigenvalue weighted by molar-refractivity contribution is 7.81. The van der Waals surface area contributed by atoms with Crippen LogP contribution in [0.15, 0.2) is 91.0 Å². The molecule has 4 aromatic rings. The first-order valence-corrected chi connectivity index (χ1v) is 8.75. The van der Waals surface area contributed by atoms with Gasteiger partial charge in [0.15, 0.2) is 0 Å². The third-order valence-corrected chi connectivity index (χ3v) is 5.19.